The molecule has 2 heterocycles. The average Bonchev–Trinajstić information content (AvgIpc) is 3.18. The number of hydrogen-bond acceptors (Lipinski definition) is 6. The molecular weight excluding hydrogens is 542 g/mol. The summed E-state index contributed by atoms with van der Waals surface area (Å²) >= 11 is 0. The molecule has 0 spiro atoms. The van der Waals surface area contributed by atoms with Crippen LogP contribution in [0.1, 0.15) is 72.9 Å². The van der Waals surface area contributed by atoms with E-state index >= 15 is 0 Å². The van der Waals surface area contributed by atoms with Crippen LogP contribution in [0.5, 0.6) is 5.75 Å². The van der Waals surface area contributed by atoms with E-state index in [0.717, 1.165) is 63.5 Å². The average molecular weight is 582 g/mol. The van der Waals surface area contributed by atoms with E-state index in [4.69, 9.17) is 9.47 Å². The molecule has 1 aliphatic carbocycles. The molecule has 2 aromatic carbocycles. The van der Waals surface area contributed by atoms with Crippen LogP contribution in [0.25, 0.3) is 22.2 Å². The molecule has 1 fully saturated rings. The predicted molar refractivity (Wildman–Crippen MR) is 158 cm³/mol. The summed E-state index contributed by atoms with van der Waals surface area (Å²) in [7, 11) is 1.85. The van der Waals surface area contributed by atoms with Crippen molar-refractivity contribution in [2.24, 2.45) is 5.41 Å². The van der Waals surface area contributed by atoms with E-state index in [0.29, 0.717) is 18.9 Å². The van der Waals surface area contributed by atoms with Crippen molar-refractivity contribution < 1.29 is 27.5 Å². The molecule has 1 amide bonds. The summed E-state index contributed by atoms with van der Waals surface area (Å²) in [5, 5.41) is 1.06. The van der Waals surface area contributed by atoms with Gasteiger partial charge in [0.2, 0.25) is 0 Å². The molecule has 0 saturated heterocycles. The van der Waals surface area contributed by atoms with Gasteiger partial charge in [0.25, 0.3) is 5.91 Å². The number of carbonyl (C=O) groups is 2. The lowest BCUT2D eigenvalue weighted by Gasteiger charge is -2.28. The second kappa shape index (κ2) is 11.1. The largest absolute Gasteiger partial charge is 0.497 e. The number of esters is 1. The number of aromatic nitrogens is 1. The standard InChI is InChI=1S/C31H39N3O6S/c1-31(18-27(35)40-5)17-22-15-23(39-4)12-14-24(22)29-28(20-9-7-6-8-10-20)25-13-11-21(16-26(25)34(29)19-31)30(36)32-41(37,38)33(2)3/h11-16,20H,6-10,17-19H2,1-5H3,(H,32,36). The lowest BCUT2D eigenvalue weighted by molar-refractivity contribution is -0.143. The Hall–Kier alpha value is -3.37. The van der Waals surface area contributed by atoms with E-state index < -0.39 is 21.5 Å². The van der Waals surface area contributed by atoms with Crippen molar-refractivity contribution in [2.45, 2.75) is 64.3 Å². The van der Waals surface area contributed by atoms with Gasteiger partial charge in [-0.05, 0) is 72.1 Å². The van der Waals surface area contributed by atoms with E-state index in [1.54, 1.807) is 19.2 Å². The first kappa shape index (κ1) is 29.1. The second-order valence-electron chi connectivity index (χ2n) is 11.9. The SMILES string of the molecule is COC(=O)CC1(C)Cc2cc(OC)ccc2-c2c(C3CCCCC3)c3ccc(C(=O)NS(=O)(=O)N(C)C)cc3n2C1. The Balaban J connectivity index is 1.77. The second-order valence-corrected chi connectivity index (χ2v) is 13.8. The number of nitrogens with one attached hydrogen (secondary N) is 1. The van der Waals surface area contributed by atoms with Gasteiger partial charge in [-0.25, -0.2) is 4.72 Å². The first-order chi connectivity index (χ1) is 19.5. The van der Waals surface area contributed by atoms with Crippen molar-refractivity contribution in [3.05, 3.63) is 53.1 Å². The topological polar surface area (TPSA) is 107 Å². The van der Waals surface area contributed by atoms with E-state index in [1.807, 2.05) is 12.1 Å². The minimum atomic E-state index is -3.95. The Kier molecular flexibility index (Phi) is 7.91. The number of amides is 1. The molecule has 0 bridgehead atoms. The highest BCUT2D eigenvalue weighted by atomic mass is 32.2. The van der Waals surface area contributed by atoms with Crippen LogP contribution in [0.3, 0.4) is 0 Å². The molecule has 220 valence electrons. The smallest absolute Gasteiger partial charge is 0.306 e. The third-order valence-corrected chi connectivity index (χ3v) is 10.0. The number of carbonyl (C=O) groups excluding carboxylic acids is 2. The van der Waals surface area contributed by atoms with Gasteiger partial charge in [0, 0.05) is 42.7 Å². The number of rotatable bonds is 7. The normalized spacial score (nSPS) is 19.4. The highest BCUT2D eigenvalue weighted by Gasteiger charge is 2.37. The Morgan fingerprint density at radius 1 is 1.07 bits per heavy atom. The van der Waals surface area contributed by atoms with Crippen molar-refractivity contribution in [1.29, 1.82) is 0 Å². The highest BCUT2D eigenvalue weighted by molar-refractivity contribution is 7.87. The Morgan fingerprint density at radius 2 is 1.80 bits per heavy atom. The van der Waals surface area contributed by atoms with Crippen LogP contribution in [0, 0.1) is 5.41 Å². The fraction of sp³-hybridized carbons (Fsp3) is 0.484. The molecule has 10 heteroatoms. The lowest BCUT2D eigenvalue weighted by atomic mass is 9.79. The molecule has 9 nitrogen and oxygen atoms in total. The van der Waals surface area contributed by atoms with E-state index in [2.05, 4.69) is 28.3 Å². The summed E-state index contributed by atoms with van der Waals surface area (Å²) in [5.74, 6) is 0.148. The quantitative estimate of drug-likeness (QED) is 0.393. The summed E-state index contributed by atoms with van der Waals surface area (Å²) in [6.45, 7) is 2.62. The van der Waals surface area contributed by atoms with Crippen molar-refractivity contribution in [2.75, 3.05) is 28.3 Å². The molecule has 3 aromatic rings. The molecule has 1 N–H and O–H groups in total. The van der Waals surface area contributed by atoms with Crippen LogP contribution in [-0.2, 0) is 32.7 Å². The number of methoxy groups -OCH3 is 2. The van der Waals surface area contributed by atoms with Crippen LogP contribution < -0.4 is 9.46 Å². The number of hydrogen-bond donors (Lipinski definition) is 1. The predicted octanol–water partition coefficient (Wildman–Crippen LogP) is 5.03. The summed E-state index contributed by atoms with van der Waals surface area (Å²) in [5.41, 5.74) is 5.20. The molecule has 5 rings (SSSR count). The lowest BCUT2D eigenvalue weighted by Crippen LogP contribution is -2.39. The van der Waals surface area contributed by atoms with Gasteiger partial charge in [0.1, 0.15) is 5.75 Å². The van der Waals surface area contributed by atoms with Gasteiger partial charge in [-0.15, -0.1) is 0 Å². The maximum absolute atomic E-state index is 13.1. The minimum absolute atomic E-state index is 0.222. The first-order valence-electron chi connectivity index (χ1n) is 14.1. The maximum atomic E-state index is 13.1. The van der Waals surface area contributed by atoms with Gasteiger partial charge in [-0.3, -0.25) is 9.59 Å². The zero-order valence-electron chi connectivity index (χ0n) is 24.5. The van der Waals surface area contributed by atoms with Gasteiger partial charge in [-0.1, -0.05) is 32.3 Å². The third-order valence-electron chi connectivity index (χ3n) is 8.61. The molecule has 1 atom stereocenters. The molecule has 1 aromatic heterocycles. The van der Waals surface area contributed by atoms with Crippen LogP contribution >= 0.6 is 0 Å². The Bertz CT molecular complexity index is 1600. The van der Waals surface area contributed by atoms with Crippen LogP contribution in [0.4, 0.5) is 0 Å². The van der Waals surface area contributed by atoms with Crippen molar-refractivity contribution >= 4 is 33.0 Å². The Morgan fingerprint density at radius 3 is 2.46 bits per heavy atom. The van der Waals surface area contributed by atoms with E-state index in [9.17, 15) is 18.0 Å². The molecule has 1 unspecified atom stereocenters. The summed E-state index contributed by atoms with van der Waals surface area (Å²) in [6.07, 6.45) is 6.58. The van der Waals surface area contributed by atoms with Gasteiger partial charge >= 0.3 is 16.2 Å². The van der Waals surface area contributed by atoms with Crippen molar-refractivity contribution in [1.82, 2.24) is 13.6 Å². The van der Waals surface area contributed by atoms with Crippen molar-refractivity contribution in [3.8, 4) is 17.0 Å². The van der Waals surface area contributed by atoms with Gasteiger partial charge < -0.3 is 14.0 Å². The molecular formula is C31H39N3O6S. The van der Waals surface area contributed by atoms with Crippen molar-refractivity contribution in [3.63, 3.8) is 0 Å². The third kappa shape index (κ3) is 5.59. The van der Waals surface area contributed by atoms with Gasteiger partial charge in [-0.2, -0.15) is 12.7 Å². The molecule has 1 saturated carbocycles. The molecule has 1 aliphatic heterocycles. The zero-order chi connectivity index (χ0) is 29.5. The minimum Gasteiger partial charge on any atom is -0.497 e. The zero-order valence-corrected chi connectivity index (χ0v) is 25.3. The highest BCUT2D eigenvalue weighted by Crippen LogP contribution is 2.49. The van der Waals surface area contributed by atoms with Gasteiger partial charge in [0.15, 0.2) is 0 Å². The Labute approximate surface area is 242 Å². The number of fused-ring (bicyclic) bond motifs is 5. The fourth-order valence-corrected chi connectivity index (χ4v) is 7.09. The van der Waals surface area contributed by atoms with E-state index in [1.165, 1.54) is 33.2 Å². The fourth-order valence-electron chi connectivity index (χ4n) is 6.55. The van der Waals surface area contributed by atoms with Crippen LogP contribution in [0.15, 0.2) is 36.4 Å². The van der Waals surface area contributed by atoms with Crippen LogP contribution in [0.2, 0.25) is 0 Å². The molecule has 0 radical (unpaired) electrons. The molecule has 2 aliphatic rings. The molecule has 41 heavy (non-hydrogen) atoms. The summed E-state index contributed by atoms with van der Waals surface area (Å²) < 4.78 is 40.9. The monoisotopic (exact) mass is 581 g/mol. The summed E-state index contributed by atoms with van der Waals surface area (Å²) in [4.78, 5) is 25.8. The van der Waals surface area contributed by atoms with Gasteiger partial charge in [0.05, 0.1) is 26.3 Å². The first-order valence-corrected chi connectivity index (χ1v) is 15.5. The van der Waals surface area contributed by atoms with Crippen LogP contribution in [-0.4, -0.2) is 57.5 Å². The number of nitrogens with zero attached hydrogens (tertiary/aromatic N) is 2. The van der Waals surface area contributed by atoms with E-state index in [-0.39, 0.29) is 18.0 Å². The maximum Gasteiger partial charge on any atom is 0.306 e. The summed E-state index contributed by atoms with van der Waals surface area (Å²) in [6, 6.07) is 11.6. The number of ether oxygens (including phenoxy) is 2. The number of benzene rings is 2.